The van der Waals surface area contributed by atoms with E-state index in [1.807, 2.05) is 36.4 Å². The maximum absolute atomic E-state index is 13.6. The first kappa shape index (κ1) is 24.5. The number of hydrogen-bond acceptors (Lipinski definition) is 6. The first-order valence-electron chi connectivity index (χ1n) is 13.7. The van der Waals surface area contributed by atoms with Crippen LogP contribution in [0.2, 0.25) is 0 Å². The van der Waals surface area contributed by atoms with Gasteiger partial charge in [0.25, 0.3) is 5.91 Å². The first-order chi connectivity index (χ1) is 19.5. The van der Waals surface area contributed by atoms with Crippen molar-refractivity contribution in [2.24, 2.45) is 28.3 Å². The molecule has 9 heteroatoms. The molecule has 202 valence electrons. The van der Waals surface area contributed by atoms with Crippen LogP contribution in [0.4, 0.5) is 11.5 Å². The summed E-state index contributed by atoms with van der Waals surface area (Å²) >= 11 is 0. The number of hydrogen-bond donors (Lipinski definition) is 3. The van der Waals surface area contributed by atoms with Crippen molar-refractivity contribution >= 4 is 40.1 Å². The van der Waals surface area contributed by atoms with Crippen molar-refractivity contribution in [2.75, 3.05) is 17.7 Å². The smallest absolute Gasteiger partial charge is 0.256 e. The normalized spacial score (nSPS) is 25.7. The van der Waals surface area contributed by atoms with E-state index in [-0.39, 0.29) is 17.2 Å². The van der Waals surface area contributed by atoms with Gasteiger partial charge in [0, 0.05) is 34.8 Å². The molecule has 2 aromatic heterocycles. The molecule has 4 bridgehead atoms. The van der Waals surface area contributed by atoms with Gasteiger partial charge in [-0.05, 0) is 92.6 Å². The van der Waals surface area contributed by atoms with E-state index in [2.05, 4.69) is 25.8 Å². The van der Waals surface area contributed by atoms with Crippen LogP contribution in [-0.4, -0.2) is 39.6 Å². The van der Waals surface area contributed by atoms with E-state index < -0.39 is 0 Å². The van der Waals surface area contributed by atoms with Gasteiger partial charge >= 0.3 is 0 Å². The molecule has 4 saturated carbocycles. The molecule has 2 amide bonds. The van der Waals surface area contributed by atoms with Crippen molar-refractivity contribution in [1.82, 2.24) is 15.0 Å². The molecule has 8 rings (SSSR count). The van der Waals surface area contributed by atoms with Crippen LogP contribution in [0.25, 0.3) is 22.4 Å². The number of carbonyl (C=O) groups is 2. The zero-order valence-corrected chi connectivity index (χ0v) is 22.2. The average Bonchev–Trinajstić information content (AvgIpc) is 3.39. The minimum absolute atomic E-state index is 0.122. The van der Waals surface area contributed by atoms with Gasteiger partial charge in [-0.3, -0.25) is 9.59 Å². The molecule has 4 aliphatic rings. The highest BCUT2D eigenvalue weighted by Crippen LogP contribution is 2.59. The highest BCUT2D eigenvalue weighted by Gasteiger charge is 2.57. The second-order valence-electron chi connectivity index (χ2n) is 11.3. The Balaban J connectivity index is 1.05. The lowest BCUT2D eigenvalue weighted by molar-refractivity contribution is -0.134. The SMILES string of the molecule is CON=C1[C@@H]2CC3C[C@H]1CC(C(=O)Nc1ccc(-c4nc5ccc(C(=O)Nc6ccccn6)cc5[nH]4)cc1)(C3)C2. The summed E-state index contributed by atoms with van der Waals surface area (Å²) in [6.07, 6.45) is 6.55. The summed E-state index contributed by atoms with van der Waals surface area (Å²) in [5, 5.41) is 10.3. The summed E-state index contributed by atoms with van der Waals surface area (Å²) in [7, 11) is 1.61. The molecule has 40 heavy (non-hydrogen) atoms. The number of aromatic amines is 1. The number of imidazole rings is 1. The molecule has 4 fully saturated rings. The molecule has 0 radical (unpaired) electrons. The molecule has 4 aliphatic carbocycles. The average molecular weight is 535 g/mol. The van der Waals surface area contributed by atoms with Gasteiger partial charge in [-0.1, -0.05) is 11.2 Å². The number of aromatic nitrogens is 3. The summed E-state index contributed by atoms with van der Waals surface area (Å²) in [5.41, 5.74) is 4.55. The van der Waals surface area contributed by atoms with Gasteiger partial charge < -0.3 is 20.5 Å². The second-order valence-corrected chi connectivity index (χ2v) is 11.3. The Kier molecular flexibility index (Phi) is 5.87. The van der Waals surface area contributed by atoms with Crippen molar-refractivity contribution in [3.63, 3.8) is 0 Å². The molecule has 2 aromatic carbocycles. The standard InChI is InChI=1S/C31H30N6O3/c1-40-37-27-21-12-18-13-22(27)17-31(15-18,16-21)30(39)33-23-8-5-19(6-9-23)28-34-24-10-7-20(14-25(24)35-28)29(38)36-26-4-2-3-11-32-26/h2-11,14,18,21-22H,12-13,15-17H2,1H3,(H,33,39)(H,34,35)(H,32,36,38)/t18?,21-,22+,31?. The van der Waals surface area contributed by atoms with E-state index in [4.69, 9.17) is 9.82 Å². The largest absolute Gasteiger partial charge is 0.399 e. The highest BCUT2D eigenvalue weighted by molar-refractivity contribution is 6.05. The van der Waals surface area contributed by atoms with Crippen LogP contribution in [0.15, 0.2) is 72.0 Å². The van der Waals surface area contributed by atoms with E-state index in [0.717, 1.165) is 60.1 Å². The molecule has 4 aromatic rings. The molecule has 2 heterocycles. The van der Waals surface area contributed by atoms with Crippen LogP contribution < -0.4 is 10.6 Å². The van der Waals surface area contributed by atoms with E-state index in [0.29, 0.717) is 35.0 Å². The topological polar surface area (TPSA) is 121 Å². The van der Waals surface area contributed by atoms with Crippen LogP contribution >= 0.6 is 0 Å². The molecule has 2 unspecified atom stereocenters. The van der Waals surface area contributed by atoms with Gasteiger partial charge in [-0.25, -0.2) is 9.97 Å². The summed E-state index contributed by atoms with van der Waals surface area (Å²) in [4.78, 5) is 43.5. The number of benzene rings is 2. The van der Waals surface area contributed by atoms with Gasteiger partial charge in [0.1, 0.15) is 18.8 Å². The second kappa shape index (κ2) is 9.59. The Bertz CT molecular complexity index is 1610. The van der Waals surface area contributed by atoms with Gasteiger partial charge in [0.15, 0.2) is 0 Å². The molecular formula is C31H30N6O3. The van der Waals surface area contributed by atoms with Gasteiger partial charge in [0.05, 0.1) is 22.2 Å². The van der Waals surface area contributed by atoms with Crippen LogP contribution in [0.5, 0.6) is 0 Å². The third kappa shape index (κ3) is 4.31. The van der Waals surface area contributed by atoms with E-state index in [1.165, 1.54) is 0 Å². The number of oxime groups is 1. The number of nitrogens with zero attached hydrogens (tertiary/aromatic N) is 3. The summed E-state index contributed by atoms with van der Waals surface area (Å²) in [5.74, 6) is 2.38. The summed E-state index contributed by atoms with van der Waals surface area (Å²) in [6.45, 7) is 0. The van der Waals surface area contributed by atoms with Gasteiger partial charge in [-0.15, -0.1) is 0 Å². The van der Waals surface area contributed by atoms with E-state index in [1.54, 1.807) is 37.6 Å². The lowest BCUT2D eigenvalue weighted by Crippen LogP contribution is -2.55. The summed E-state index contributed by atoms with van der Waals surface area (Å²) < 4.78 is 0. The number of rotatable bonds is 6. The number of anilines is 2. The quantitative estimate of drug-likeness (QED) is 0.276. The molecule has 0 aliphatic heterocycles. The number of amides is 2. The summed E-state index contributed by atoms with van der Waals surface area (Å²) in [6, 6.07) is 18.5. The van der Waals surface area contributed by atoms with Crippen LogP contribution in [-0.2, 0) is 9.63 Å². The predicted molar refractivity (Wildman–Crippen MR) is 153 cm³/mol. The van der Waals surface area contributed by atoms with Crippen LogP contribution in [0.3, 0.4) is 0 Å². The Morgan fingerprint density at radius 1 is 1.00 bits per heavy atom. The first-order valence-corrected chi connectivity index (χ1v) is 13.7. The van der Waals surface area contributed by atoms with Crippen LogP contribution in [0, 0.1) is 23.2 Å². The molecule has 4 atom stereocenters. The fraction of sp³-hybridized carbons (Fsp3) is 0.323. The number of carbonyl (C=O) groups excluding carboxylic acids is 2. The Morgan fingerprint density at radius 2 is 1.80 bits per heavy atom. The van der Waals surface area contributed by atoms with Crippen molar-refractivity contribution in [3.05, 3.63) is 72.4 Å². The fourth-order valence-electron chi connectivity index (χ4n) is 7.18. The molecule has 9 nitrogen and oxygen atoms in total. The zero-order valence-electron chi connectivity index (χ0n) is 22.2. The monoisotopic (exact) mass is 534 g/mol. The zero-order chi connectivity index (χ0) is 27.3. The lowest BCUT2D eigenvalue weighted by Gasteiger charge is -2.55. The van der Waals surface area contributed by atoms with E-state index >= 15 is 0 Å². The lowest BCUT2D eigenvalue weighted by atomic mass is 9.48. The molecule has 3 N–H and O–H groups in total. The number of fused-ring (bicyclic) bond motifs is 1. The molecular weight excluding hydrogens is 504 g/mol. The van der Waals surface area contributed by atoms with Crippen molar-refractivity contribution < 1.29 is 14.4 Å². The predicted octanol–water partition coefficient (Wildman–Crippen LogP) is 5.64. The number of pyridine rings is 1. The third-order valence-corrected chi connectivity index (χ3v) is 8.77. The maximum atomic E-state index is 13.6. The van der Waals surface area contributed by atoms with Gasteiger partial charge in [-0.2, -0.15) is 0 Å². The fourth-order valence-corrected chi connectivity index (χ4v) is 7.18. The molecule has 0 saturated heterocycles. The third-order valence-electron chi connectivity index (χ3n) is 8.77. The Labute approximate surface area is 231 Å². The van der Waals surface area contributed by atoms with Crippen molar-refractivity contribution in [2.45, 2.75) is 32.1 Å². The molecule has 0 spiro atoms. The van der Waals surface area contributed by atoms with E-state index in [9.17, 15) is 9.59 Å². The Hall–Kier alpha value is -4.53. The van der Waals surface area contributed by atoms with Crippen molar-refractivity contribution in [3.8, 4) is 11.4 Å². The minimum atomic E-state index is -0.318. The Morgan fingerprint density at radius 3 is 2.52 bits per heavy atom. The maximum Gasteiger partial charge on any atom is 0.256 e. The minimum Gasteiger partial charge on any atom is -0.399 e. The number of nitrogens with one attached hydrogen (secondary N) is 3. The highest BCUT2D eigenvalue weighted by atomic mass is 16.6. The van der Waals surface area contributed by atoms with Crippen molar-refractivity contribution in [1.29, 1.82) is 0 Å². The van der Waals surface area contributed by atoms with Crippen LogP contribution in [0.1, 0.15) is 42.5 Å². The number of H-pyrrole nitrogens is 1. The van der Waals surface area contributed by atoms with Gasteiger partial charge in [0.2, 0.25) is 5.91 Å².